The molecule has 1 aromatic rings. The number of anilines is 1. The first-order valence-corrected chi connectivity index (χ1v) is 9.46. The number of nitrogens with zero attached hydrogens (tertiary/aromatic N) is 2. The molecule has 2 heterocycles. The molecule has 2 aliphatic rings. The first-order chi connectivity index (χ1) is 12.8. The standard InChI is InChI=1S/C19H27F2N3O3/c1-12(2)7-14(8-25)22-17(26)15-5-6-16(24-10-19(20,21)11-24)18(23-15)27-9-13-3-4-13/h5-6,12-14,25H,3-4,7-11H2,1-2H3,(H,22,26). The van der Waals surface area contributed by atoms with Crippen LogP contribution in [0.3, 0.4) is 0 Å². The van der Waals surface area contributed by atoms with Crippen molar-refractivity contribution in [3.8, 4) is 5.88 Å². The van der Waals surface area contributed by atoms with Crippen LogP contribution in [-0.4, -0.2) is 54.3 Å². The molecule has 1 aliphatic carbocycles. The minimum atomic E-state index is -2.70. The number of carbonyl (C=O) groups excluding carboxylic acids is 1. The summed E-state index contributed by atoms with van der Waals surface area (Å²) in [6, 6.07) is 2.76. The minimum Gasteiger partial charge on any atom is -0.476 e. The van der Waals surface area contributed by atoms with Crippen molar-refractivity contribution in [2.45, 2.75) is 45.1 Å². The number of aromatic nitrogens is 1. The summed E-state index contributed by atoms with van der Waals surface area (Å²) in [5.41, 5.74) is 0.637. The maximum Gasteiger partial charge on any atom is 0.282 e. The minimum absolute atomic E-state index is 0.152. The van der Waals surface area contributed by atoms with Gasteiger partial charge in [-0.15, -0.1) is 0 Å². The molecule has 2 fully saturated rings. The van der Waals surface area contributed by atoms with Gasteiger partial charge in [-0.05, 0) is 43.2 Å². The van der Waals surface area contributed by atoms with Crippen molar-refractivity contribution < 1.29 is 23.4 Å². The van der Waals surface area contributed by atoms with Crippen molar-refractivity contribution in [3.63, 3.8) is 0 Å². The number of ether oxygens (including phenoxy) is 1. The van der Waals surface area contributed by atoms with Crippen molar-refractivity contribution >= 4 is 11.6 Å². The van der Waals surface area contributed by atoms with Crippen LogP contribution in [0.2, 0.25) is 0 Å². The van der Waals surface area contributed by atoms with Crippen LogP contribution in [-0.2, 0) is 0 Å². The van der Waals surface area contributed by atoms with Gasteiger partial charge in [0.15, 0.2) is 0 Å². The zero-order chi connectivity index (χ0) is 19.6. The van der Waals surface area contributed by atoms with Gasteiger partial charge < -0.3 is 20.1 Å². The predicted octanol–water partition coefficient (Wildman–Crippen LogP) is 2.46. The van der Waals surface area contributed by atoms with Crippen LogP contribution >= 0.6 is 0 Å². The van der Waals surface area contributed by atoms with Crippen molar-refractivity contribution in [3.05, 3.63) is 17.8 Å². The number of rotatable bonds is 9. The second kappa shape index (κ2) is 7.96. The van der Waals surface area contributed by atoms with Gasteiger partial charge in [0.05, 0.1) is 32.3 Å². The van der Waals surface area contributed by atoms with Crippen molar-refractivity contribution in [2.24, 2.45) is 11.8 Å². The molecule has 1 unspecified atom stereocenters. The second-order valence-electron chi connectivity index (χ2n) is 7.97. The molecule has 1 aromatic heterocycles. The van der Waals surface area contributed by atoms with E-state index in [4.69, 9.17) is 4.74 Å². The van der Waals surface area contributed by atoms with Gasteiger partial charge in [0.25, 0.3) is 11.8 Å². The maximum absolute atomic E-state index is 13.2. The Morgan fingerprint density at radius 2 is 2.11 bits per heavy atom. The van der Waals surface area contributed by atoms with E-state index in [0.29, 0.717) is 30.6 Å². The number of halogens is 2. The Hall–Kier alpha value is -1.96. The van der Waals surface area contributed by atoms with E-state index >= 15 is 0 Å². The lowest BCUT2D eigenvalue weighted by Crippen LogP contribution is -2.56. The van der Waals surface area contributed by atoms with Gasteiger partial charge >= 0.3 is 0 Å². The van der Waals surface area contributed by atoms with E-state index in [2.05, 4.69) is 10.3 Å². The number of nitrogens with one attached hydrogen (secondary N) is 1. The van der Waals surface area contributed by atoms with E-state index in [0.717, 1.165) is 12.8 Å². The van der Waals surface area contributed by atoms with Gasteiger partial charge in [-0.25, -0.2) is 13.8 Å². The second-order valence-corrected chi connectivity index (χ2v) is 7.97. The first-order valence-electron chi connectivity index (χ1n) is 9.46. The third-order valence-corrected chi connectivity index (χ3v) is 4.72. The topological polar surface area (TPSA) is 74.7 Å². The molecule has 1 atom stereocenters. The highest BCUT2D eigenvalue weighted by Crippen LogP contribution is 2.37. The number of aliphatic hydroxyl groups excluding tert-OH is 1. The van der Waals surface area contributed by atoms with Crippen LogP contribution in [0, 0.1) is 11.8 Å². The molecule has 0 bridgehead atoms. The zero-order valence-electron chi connectivity index (χ0n) is 15.8. The average Bonchev–Trinajstić information content (AvgIpc) is 3.40. The largest absolute Gasteiger partial charge is 0.476 e. The lowest BCUT2D eigenvalue weighted by atomic mass is 10.0. The Morgan fingerprint density at radius 3 is 2.67 bits per heavy atom. The average molecular weight is 383 g/mol. The Morgan fingerprint density at radius 1 is 1.41 bits per heavy atom. The Balaban J connectivity index is 1.73. The van der Waals surface area contributed by atoms with Gasteiger partial charge in [-0.3, -0.25) is 4.79 Å². The number of hydrogen-bond donors (Lipinski definition) is 2. The SMILES string of the molecule is CC(C)CC(CO)NC(=O)c1ccc(N2CC(F)(F)C2)c(OCC2CC2)n1. The molecular weight excluding hydrogens is 356 g/mol. The van der Waals surface area contributed by atoms with Gasteiger partial charge in [0.2, 0.25) is 5.88 Å². The number of aliphatic hydroxyl groups is 1. The highest BCUT2D eigenvalue weighted by molar-refractivity contribution is 5.93. The van der Waals surface area contributed by atoms with E-state index in [-0.39, 0.29) is 37.3 Å². The summed E-state index contributed by atoms with van der Waals surface area (Å²) in [6.45, 7) is 3.59. The summed E-state index contributed by atoms with van der Waals surface area (Å²) in [5.74, 6) is -2.10. The summed E-state index contributed by atoms with van der Waals surface area (Å²) < 4.78 is 32.2. The molecule has 27 heavy (non-hydrogen) atoms. The molecule has 1 saturated heterocycles. The normalized spacial score (nSPS) is 19.6. The molecule has 3 rings (SSSR count). The van der Waals surface area contributed by atoms with Crippen molar-refractivity contribution in [1.82, 2.24) is 10.3 Å². The van der Waals surface area contributed by atoms with Gasteiger partial charge in [-0.1, -0.05) is 13.8 Å². The highest BCUT2D eigenvalue weighted by Gasteiger charge is 2.45. The van der Waals surface area contributed by atoms with E-state index < -0.39 is 11.8 Å². The van der Waals surface area contributed by atoms with Gasteiger partial charge in [-0.2, -0.15) is 0 Å². The molecule has 0 radical (unpaired) electrons. The number of alkyl halides is 2. The third-order valence-electron chi connectivity index (χ3n) is 4.72. The monoisotopic (exact) mass is 383 g/mol. The van der Waals surface area contributed by atoms with Crippen LogP contribution in [0.25, 0.3) is 0 Å². The molecule has 6 nitrogen and oxygen atoms in total. The van der Waals surface area contributed by atoms with Crippen LogP contribution in [0.4, 0.5) is 14.5 Å². The van der Waals surface area contributed by atoms with Crippen LogP contribution < -0.4 is 15.0 Å². The zero-order valence-corrected chi connectivity index (χ0v) is 15.8. The molecule has 8 heteroatoms. The fraction of sp³-hybridized carbons (Fsp3) is 0.684. The molecule has 0 spiro atoms. The quantitative estimate of drug-likeness (QED) is 0.685. The number of hydrogen-bond acceptors (Lipinski definition) is 5. The predicted molar refractivity (Wildman–Crippen MR) is 97.4 cm³/mol. The highest BCUT2D eigenvalue weighted by atomic mass is 19.3. The molecule has 1 aliphatic heterocycles. The van der Waals surface area contributed by atoms with Crippen molar-refractivity contribution in [1.29, 1.82) is 0 Å². The lowest BCUT2D eigenvalue weighted by Gasteiger charge is -2.40. The smallest absolute Gasteiger partial charge is 0.282 e. The summed E-state index contributed by atoms with van der Waals surface area (Å²) >= 11 is 0. The van der Waals surface area contributed by atoms with Gasteiger partial charge in [0.1, 0.15) is 11.4 Å². The first kappa shape index (κ1) is 19.8. The van der Waals surface area contributed by atoms with Crippen molar-refractivity contribution in [2.75, 3.05) is 31.2 Å². The van der Waals surface area contributed by atoms with Gasteiger partial charge in [0, 0.05) is 0 Å². The van der Waals surface area contributed by atoms with E-state index in [1.54, 1.807) is 6.07 Å². The fourth-order valence-corrected chi connectivity index (χ4v) is 3.08. The summed E-state index contributed by atoms with van der Waals surface area (Å²) in [5, 5.41) is 12.2. The molecule has 2 N–H and O–H groups in total. The Labute approximate surface area is 157 Å². The van der Waals surface area contributed by atoms with Crippen LogP contribution in [0.15, 0.2) is 12.1 Å². The van der Waals surface area contributed by atoms with Crippen LogP contribution in [0.1, 0.15) is 43.6 Å². The third kappa shape index (κ3) is 5.28. The molecule has 0 aromatic carbocycles. The number of carbonyl (C=O) groups is 1. The Kier molecular flexibility index (Phi) is 5.83. The Bertz CT molecular complexity index is 672. The fourth-order valence-electron chi connectivity index (χ4n) is 3.08. The molecule has 1 amide bonds. The molecule has 1 saturated carbocycles. The summed E-state index contributed by atoms with van der Waals surface area (Å²) in [7, 11) is 0. The van der Waals surface area contributed by atoms with E-state index in [9.17, 15) is 18.7 Å². The maximum atomic E-state index is 13.2. The summed E-state index contributed by atoms with van der Waals surface area (Å²) in [6.07, 6.45) is 2.82. The van der Waals surface area contributed by atoms with E-state index in [1.807, 2.05) is 13.8 Å². The lowest BCUT2D eigenvalue weighted by molar-refractivity contribution is -0.0265. The van der Waals surface area contributed by atoms with Crippen LogP contribution in [0.5, 0.6) is 5.88 Å². The molecule has 150 valence electrons. The molecular formula is C19H27F2N3O3. The van der Waals surface area contributed by atoms with E-state index in [1.165, 1.54) is 11.0 Å². The number of amides is 1. The number of pyridine rings is 1. The summed E-state index contributed by atoms with van der Waals surface area (Å²) in [4.78, 5) is 18.3.